The summed E-state index contributed by atoms with van der Waals surface area (Å²) in [4.78, 5) is 8.09. The van der Waals surface area contributed by atoms with Crippen LogP contribution in [0.1, 0.15) is 235 Å². The number of benzene rings is 6. The summed E-state index contributed by atoms with van der Waals surface area (Å²) in [5.74, 6) is 6.06. The number of hydrogen-bond acceptors (Lipinski definition) is 14. The van der Waals surface area contributed by atoms with E-state index in [4.69, 9.17) is 37.6 Å². The molecule has 3 radical (unpaired) electrons. The average Bonchev–Trinajstić information content (AvgIpc) is 1.70. The number of rotatable bonds is 30. The van der Waals surface area contributed by atoms with Crippen molar-refractivity contribution in [1.82, 2.24) is 9.97 Å². The minimum Gasteiger partial charge on any atom is -0.546 e. The summed E-state index contributed by atoms with van der Waals surface area (Å²) in [6.45, 7) is 61.9. The Morgan fingerprint density at radius 3 is 1.41 bits per heavy atom. The van der Waals surface area contributed by atoms with Gasteiger partial charge in [0.05, 0.1) is 68.0 Å². The zero-order chi connectivity index (χ0) is 81.9. The van der Waals surface area contributed by atoms with Crippen LogP contribution in [0.5, 0.6) is 23.0 Å². The number of aliphatic hydroxyl groups is 3. The van der Waals surface area contributed by atoms with E-state index in [0.717, 1.165) is 162 Å². The van der Waals surface area contributed by atoms with Gasteiger partial charge in [0, 0.05) is 299 Å². The third-order valence-corrected chi connectivity index (χ3v) is 19.2. The smallest absolute Gasteiger partial charge is 0.122 e. The Morgan fingerprint density at radius 1 is 0.520 bits per heavy atom. The number of aryl methyl sites for hydroxylation is 6. The van der Waals surface area contributed by atoms with Crippen molar-refractivity contribution in [3.8, 4) is 23.0 Å². The summed E-state index contributed by atoms with van der Waals surface area (Å²) in [6.07, 6.45) is 19.0. The topological polar surface area (TPSA) is 164 Å². The van der Waals surface area contributed by atoms with Crippen LogP contribution in [0.2, 0.25) is 0 Å². The number of fused-ring (bicyclic) bond motifs is 2. The van der Waals surface area contributed by atoms with Crippen molar-refractivity contribution < 1.29 is 341 Å². The van der Waals surface area contributed by atoms with Crippen LogP contribution in [0, 0.1) is 73.8 Å². The van der Waals surface area contributed by atoms with E-state index in [-0.39, 0.29) is 318 Å². The molecule has 3 aliphatic rings. The predicted molar refractivity (Wildman–Crippen MR) is 464 cm³/mol. The fourth-order valence-corrected chi connectivity index (χ4v) is 12.5. The van der Waals surface area contributed by atoms with E-state index in [1.165, 1.54) is 63.4 Å². The molecule has 26 heteroatoms. The number of para-hydroxylation sites is 4. The third-order valence-electron chi connectivity index (χ3n) is 18.4. The first kappa shape index (κ1) is 146. The van der Waals surface area contributed by atoms with Crippen molar-refractivity contribution in [2.24, 2.45) is 11.8 Å². The molecule has 3 N–H and O–H groups in total. The Hall–Kier alpha value is 2.63. The van der Waals surface area contributed by atoms with Crippen molar-refractivity contribution in [1.29, 1.82) is 0 Å². The van der Waals surface area contributed by atoms with Gasteiger partial charge in [-0.15, -0.1) is 6.42 Å². The molecule has 0 saturated carbocycles. The molecule has 11 atom stereocenters. The summed E-state index contributed by atoms with van der Waals surface area (Å²) < 4.78 is 43.8. The molecule has 3 fully saturated rings. The van der Waals surface area contributed by atoms with E-state index >= 15 is 0 Å². The normalized spacial score (nSPS) is 16.7. The van der Waals surface area contributed by atoms with Gasteiger partial charge in [0.25, 0.3) is 0 Å². The van der Waals surface area contributed by atoms with Crippen LogP contribution in [0.3, 0.4) is 0 Å². The first-order valence-electron chi connectivity index (χ1n) is 41.1. The Bertz CT molecular complexity index is 3620. The molecule has 0 spiro atoms. The minimum absolute atomic E-state index is 0. The maximum Gasteiger partial charge on any atom is 0.122 e. The standard InChI is InChI=1S/C17H21.4C13H19O.C8H13O3.C8H15O3.C6H8NO.C6H8NS.9W.3Y/c1-3-5-7-15-9-11-16-10-8-14(6-4-2)12-17(16)13-15;1-4-9-14-13-8-6-5-7-12(13)10-11(2)3;1-4-7-12-8-5-6-9-13(12)14-10-11(2)3;1-4-10-14-13-9-7-6-8-12(13)11(3)5-2;1-4-8-12-9-6-7-10-13(12)14-11(3)5-2;1-2-5-7(9)8-6(11-5)3-4-10-8;1-3-5-7(9)8(10)6(4-2)11-5;2*1-3-6-4-8-5(2)7-6;;;;;;;;;;;;/h8-13H,2-7H2,1H3;5-8,11H,2,4,9-10H2,1,3H3;5-6,8-9,11H,1,4,7,10H2,2-3H3;6-9,11H,2,4-5,10H2,1,3H3;6-7,9-11H,1,4-5,8H2,2-3H3;4-9H,2-3H2,1H3;5-10H,1,3-4H2,2H3;2*4H,2-3H2,1H3;;;;;;;;;;;;/q9*-1;;;;;;;;;;;;/t;;;;;5-,6?,7-,8-;5-,6+,7-,8+;;;;;;;;;;;;;;/m.....10............../s1. The van der Waals surface area contributed by atoms with Crippen LogP contribution in [0.25, 0.3) is 10.8 Å². The molecule has 8 aromatic rings. The van der Waals surface area contributed by atoms with Crippen molar-refractivity contribution in [2.45, 2.75) is 279 Å². The van der Waals surface area contributed by atoms with E-state index in [1.807, 2.05) is 80.7 Å². The molecule has 123 heavy (non-hydrogen) atoms. The molecule has 4 unspecified atom stereocenters. The molecule has 5 heterocycles. The monoisotopic (exact) mass is 3460 g/mol. The van der Waals surface area contributed by atoms with Gasteiger partial charge in [0.15, 0.2) is 0 Å². The molecule has 3 aliphatic heterocycles. The fraction of sp³-hybridized carbons (Fsp3) is 0.495. The largest absolute Gasteiger partial charge is 0.546 e. The molecule has 3 saturated heterocycles. The van der Waals surface area contributed by atoms with Gasteiger partial charge in [-0.2, -0.15) is 49.4 Å². The molecule has 0 aliphatic carbocycles. The van der Waals surface area contributed by atoms with Gasteiger partial charge in [-0.25, -0.2) is 11.6 Å². The Balaban J connectivity index is -0.000000145. The van der Waals surface area contributed by atoms with E-state index in [1.54, 1.807) is 24.2 Å². The summed E-state index contributed by atoms with van der Waals surface area (Å²) in [6, 6.07) is 46.5. The summed E-state index contributed by atoms with van der Waals surface area (Å²) in [7, 11) is 0. The Labute approximate surface area is 955 Å². The van der Waals surface area contributed by atoms with Crippen LogP contribution < -0.4 is 18.9 Å². The molecule has 6 aromatic carbocycles. The number of ether oxygens (including phenoxy) is 7. The fourth-order valence-electron chi connectivity index (χ4n) is 11.8. The number of nitrogens with zero attached hydrogens (tertiary/aromatic N) is 2. The average molecular weight is 3460 g/mol. The first-order valence-corrected chi connectivity index (χ1v) is 42.0. The minimum atomic E-state index is -0.752. The number of aromatic nitrogens is 2. The second kappa shape index (κ2) is 89.8. The number of unbranched alkanes of at least 4 members (excludes halogenated alkanes) is 1. The van der Waals surface area contributed by atoms with Crippen LogP contribution >= 0.6 is 11.3 Å². The van der Waals surface area contributed by atoms with Crippen LogP contribution in [-0.4, -0.2) is 100 Å². The predicted octanol–water partition coefficient (Wildman–Crippen LogP) is 23.2. The maximum atomic E-state index is 9.59. The Kier molecular flexibility index (Phi) is 107. The second-order valence-electron chi connectivity index (χ2n) is 28.7. The van der Waals surface area contributed by atoms with Gasteiger partial charge in [-0.1, -0.05) is 218 Å². The SMILES string of the molecule is CC[C@H]1OC2C[CH-]O[C@H]2[C@@H]1O.[CH2-]C(C)Cc1ccccc1OCCC.[CH2-]CC(C)c1ccccc1OCCC.[CH2-]CCc1ccc2ccc(CCCC)cc2c1.[CH2-]CCc1ccccc1OC(C)CC.[CH2-]CCc1ccccc1OCC(C)C.[CH2-]C[C@@H]1O[C@H](CC)[C@@H](O)[C@H]1O.[CH2-]c1nc(CC)co1.[CH2-]c1nc(CC)cs1.[W].[W].[W].[W].[W].[W].[W].[W].[W].[Y].[Y].[Y]. The van der Waals surface area contributed by atoms with Gasteiger partial charge in [0.1, 0.15) is 47.6 Å². The van der Waals surface area contributed by atoms with Crippen molar-refractivity contribution >= 4 is 22.1 Å². The van der Waals surface area contributed by atoms with Crippen molar-refractivity contribution in [3.63, 3.8) is 0 Å². The number of aliphatic hydroxyl groups excluding tert-OH is 3. The molecule has 0 amide bonds. The third kappa shape index (κ3) is 60.1. The van der Waals surface area contributed by atoms with E-state index in [0.29, 0.717) is 36.2 Å². The second-order valence-corrected chi connectivity index (χ2v) is 29.6. The van der Waals surface area contributed by atoms with Gasteiger partial charge in [-0.3, -0.25) is 4.98 Å². The van der Waals surface area contributed by atoms with E-state index in [2.05, 4.69) is 213 Å². The number of hydrogen-bond donors (Lipinski definition) is 3. The molecule has 2 aromatic heterocycles. The van der Waals surface area contributed by atoms with Gasteiger partial charge in [-0.05, 0) is 156 Å². The maximum absolute atomic E-state index is 9.59. The van der Waals surface area contributed by atoms with Gasteiger partial charge in [0.2, 0.25) is 0 Å². The van der Waals surface area contributed by atoms with Crippen molar-refractivity contribution in [3.05, 3.63) is 263 Å². The van der Waals surface area contributed by atoms with E-state index < -0.39 is 18.3 Å². The molecule has 0 bridgehead atoms. The zero-order valence-electron chi connectivity index (χ0n) is 75.6. The molecule has 11 rings (SSSR count). The molecule has 13 nitrogen and oxygen atoms in total. The van der Waals surface area contributed by atoms with E-state index in [9.17, 15) is 15.3 Å². The number of thiazole rings is 1. The van der Waals surface area contributed by atoms with Crippen LogP contribution in [0.15, 0.2) is 150 Å². The van der Waals surface area contributed by atoms with Crippen LogP contribution in [-0.2, 0) is 347 Å². The number of oxazole rings is 1. The molecular weight excluding hydrogens is 3320 g/mol. The molecule has 683 valence electrons. The van der Waals surface area contributed by atoms with Gasteiger partial charge < -0.3 is 108 Å². The van der Waals surface area contributed by atoms with Crippen LogP contribution in [0.4, 0.5) is 0 Å². The van der Waals surface area contributed by atoms with Crippen molar-refractivity contribution in [2.75, 3.05) is 19.8 Å². The quantitative estimate of drug-likeness (QED) is 0.0365. The van der Waals surface area contributed by atoms with Gasteiger partial charge >= 0.3 is 0 Å². The molecular formula is C97H141N2O11SW9Y3-9. The first-order chi connectivity index (χ1) is 53.5. The summed E-state index contributed by atoms with van der Waals surface area (Å²) >= 11 is 1.61. The summed E-state index contributed by atoms with van der Waals surface area (Å²) in [5, 5.41) is 34.0. The summed E-state index contributed by atoms with van der Waals surface area (Å²) in [5.41, 5.74) is 10.1. The Morgan fingerprint density at radius 2 is 1.00 bits per heavy atom. The zero-order valence-corrected chi connectivity index (χ0v) is 111.